The fourth-order valence-electron chi connectivity index (χ4n) is 1.59. The highest BCUT2D eigenvalue weighted by Gasteiger charge is 2.23. The molecule has 0 heterocycles. The minimum absolute atomic E-state index is 0.115. The summed E-state index contributed by atoms with van der Waals surface area (Å²) in [6.45, 7) is 0. The molecule has 1 rings (SSSR count). The van der Waals surface area contributed by atoms with Gasteiger partial charge in [-0.3, -0.25) is 9.59 Å². The molecule has 5 N–H and O–H groups in total. The lowest BCUT2D eigenvalue weighted by atomic mass is 10.1. The van der Waals surface area contributed by atoms with Gasteiger partial charge in [-0.1, -0.05) is 30.3 Å². The first-order chi connectivity index (χ1) is 9.40. The van der Waals surface area contributed by atoms with E-state index in [0.717, 1.165) is 5.56 Å². The molecule has 1 aromatic carbocycles. The zero-order valence-corrected chi connectivity index (χ0v) is 10.7. The highest BCUT2D eigenvalue weighted by molar-refractivity contribution is 5.87. The molecule has 0 aliphatic carbocycles. The molecule has 0 bridgehead atoms. The number of rotatable bonds is 7. The quantitative estimate of drug-likeness (QED) is 0.537. The average Bonchev–Trinajstić information content (AvgIpc) is 2.38. The van der Waals surface area contributed by atoms with E-state index in [9.17, 15) is 14.4 Å². The summed E-state index contributed by atoms with van der Waals surface area (Å²) >= 11 is 0. The van der Waals surface area contributed by atoms with Gasteiger partial charge >= 0.3 is 11.9 Å². The van der Waals surface area contributed by atoms with Crippen LogP contribution in [-0.2, 0) is 20.8 Å². The largest absolute Gasteiger partial charge is 0.480 e. The van der Waals surface area contributed by atoms with Crippen molar-refractivity contribution in [1.29, 1.82) is 0 Å². The second-order valence-corrected chi connectivity index (χ2v) is 4.30. The third kappa shape index (κ3) is 5.07. The summed E-state index contributed by atoms with van der Waals surface area (Å²) < 4.78 is 0. The number of carboxylic acids is 2. The Kier molecular flexibility index (Phi) is 5.67. The Balaban J connectivity index is 2.62. The Bertz CT molecular complexity index is 489. The molecule has 0 aliphatic rings. The van der Waals surface area contributed by atoms with E-state index >= 15 is 0 Å². The molecule has 0 saturated carbocycles. The van der Waals surface area contributed by atoms with Crippen molar-refractivity contribution in [3.8, 4) is 0 Å². The first-order valence-corrected chi connectivity index (χ1v) is 5.94. The Morgan fingerprint density at radius 2 is 1.70 bits per heavy atom. The molecule has 0 spiro atoms. The number of carbonyl (C=O) groups excluding carboxylic acids is 1. The third-order valence-corrected chi connectivity index (χ3v) is 2.64. The van der Waals surface area contributed by atoms with Crippen LogP contribution in [0.5, 0.6) is 0 Å². The number of hydrogen-bond donors (Lipinski definition) is 4. The van der Waals surface area contributed by atoms with Gasteiger partial charge in [-0.15, -0.1) is 0 Å². The maximum absolute atomic E-state index is 11.5. The molecule has 7 nitrogen and oxygen atoms in total. The van der Waals surface area contributed by atoms with E-state index in [1.54, 1.807) is 30.3 Å². The lowest BCUT2D eigenvalue weighted by Gasteiger charge is -2.15. The van der Waals surface area contributed by atoms with Gasteiger partial charge in [-0.2, -0.15) is 0 Å². The van der Waals surface area contributed by atoms with Gasteiger partial charge in [0, 0.05) is 6.42 Å². The normalized spacial score (nSPS) is 13.2. The zero-order chi connectivity index (χ0) is 15.1. The third-order valence-electron chi connectivity index (χ3n) is 2.64. The predicted molar refractivity (Wildman–Crippen MR) is 69.9 cm³/mol. The first-order valence-electron chi connectivity index (χ1n) is 5.94. The molecule has 108 valence electrons. The number of aliphatic carboxylic acids is 2. The number of hydrogen-bond acceptors (Lipinski definition) is 4. The van der Waals surface area contributed by atoms with Crippen LogP contribution in [0.3, 0.4) is 0 Å². The van der Waals surface area contributed by atoms with E-state index in [4.69, 9.17) is 15.9 Å². The Hall–Kier alpha value is -2.41. The van der Waals surface area contributed by atoms with E-state index in [2.05, 4.69) is 5.32 Å². The minimum atomic E-state index is -1.35. The van der Waals surface area contributed by atoms with E-state index in [0.29, 0.717) is 0 Å². The lowest BCUT2D eigenvalue weighted by molar-refractivity contribution is -0.142. The van der Waals surface area contributed by atoms with Crippen molar-refractivity contribution in [2.24, 2.45) is 5.73 Å². The van der Waals surface area contributed by atoms with Gasteiger partial charge in [-0.05, 0) is 5.56 Å². The summed E-state index contributed by atoms with van der Waals surface area (Å²) in [6.07, 6.45) is -0.349. The molecular weight excluding hydrogens is 264 g/mol. The van der Waals surface area contributed by atoms with Crippen molar-refractivity contribution in [2.75, 3.05) is 0 Å². The summed E-state index contributed by atoms with van der Waals surface area (Å²) in [5.41, 5.74) is 5.97. The Labute approximate surface area is 115 Å². The molecule has 0 fully saturated rings. The summed E-state index contributed by atoms with van der Waals surface area (Å²) in [5, 5.41) is 19.9. The van der Waals surface area contributed by atoms with Gasteiger partial charge in [0.25, 0.3) is 0 Å². The number of carboxylic acid groups (broad SMARTS) is 2. The van der Waals surface area contributed by atoms with Crippen molar-refractivity contribution in [3.05, 3.63) is 35.9 Å². The van der Waals surface area contributed by atoms with Gasteiger partial charge in [0.15, 0.2) is 0 Å². The Morgan fingerprint density at radius 3 is 2.20 bits per heavy atom. The smallest absolute Gasteiger partial charge is 0.326 e. The number of carbonyl (C=O) groups is 3. The zero-order valence-electron chi connectivity index (χ0n) is 10.7. The average molecular weight is 280 g/mol. The van der Waals surface area contributed by atoms with Crippen molar-refractivity contribution in [2.45, 2.75) is 24.9 Å². The van der Waals surface area contributed by atoms with E-state index in [1.807, 2.05) is 0 Å². The van der Waals surface area contributed by atoms with Crippen LogP contribution in [0.15, 0.2) is 30.3 Å². The topological polar surface area (TPSA) is 130 Å². The molecule has 1 aromatic rings. The fraction of sp³-hybridized carbons (Fsp3) is 0.308. The van der Waals surface area contributed by atoms with Crippen molar-refractivity contribution in [3.63, 3.8) is 0 Å². The lowest BCUT2D eigenvalue weighted by Crippen LogP contribution is -2.45. The molecular formula is C13H16N2O5. The van der Waals surface area contributed by atoms with Crippen LogP contribution in [0.1, 0.15) is 12.0 Å². The fourth-order valence-corrected chi connectivity index (χ4v) is 1.59. The molecule has 2 atom stereocenters. The highest BCUT2D eigenvalue weighted by Crippen LogP contribution is 2.04. The molecule has 1 amide bonds. The number of benzene rings is 1. The van der Waals surface area contributed by atoms with Crippen LogP contribution in [-0.4, -0.2) is 40.1 Å². The molecule has 0 aliphatic heterocycles. The highest BCUT2D eigenvalue weighted by atomic mass is 16.4. The molecule has 0 aromatic heterocycles. The number of amides is 1. The van der Waals surface area contributed by atoms with E-state index in [1.165, 1.54) is 0 Å². The van der Waals surface area contributed by atoms with Gasteiger partial charge in [0.05, 0.1) is 6.42 Å². The van der Waals surface area contributed by atoms with Gasteiger partial charge in [0.1, 0.15) is 12.1 Å². The van der Waals surface area contributed by atoms with Gasteiger partial charge in [-0.25, -0.2) is 4.79 Å². The van der Waals surface area contributed by atoms with Crippen LogP contribution in [0, 0.1) is 0 Å². The second kappa shape index (κ2) is 7.25. The maximum atomic E-state index is 11.5. The molecule has 20 heavy (non-hydrogen) atoms. The van der Waals surface area contributed by atoms with E-state index < -0.39 is 36.4 Å². The van der Waals surface area contributed by atoms with Crippen molar-refractivity contribution in [1.82, 2.24) is 5.32 Å². The van der Waals surface area contributed by atoms with Crippen LogP contribution in [0.2, 0.25) is 0 Å². The van der Waals surface area contributed by atoms with Crippen LogP contribution < -0.4 is 11.1 Å². The summed E-state index contributed by atoms with van der Waals surface area (Å²) in [6, 6.07) is 6.33. The predicted octanol–water partition coefficient (Wildman–Crippen LogP) is -0.399. The van der Waals surface area contributed by atoms with Crippen molar-refractivity contribution >= 4 is 17.8 Å². The molecule has 7 heteroatoms. The SMILES string of the molecule is N[C@@H](CC(=O)NC(Cc1ccccc1)C(=O)O)C(=O)O. The second-order valence-electron chi connectivity index (χ2n) is 4.30. The van der Waals surface area contributed by atoms with Crippen LogP contribution >= 0.6 is 0 Å². The maximum Gasteiger partial charge on any atom is 0.326 e. The monoisotopic (exact) mass is 280 g/mol. The van der Waals surface area contributed by atoms with Crippen LogP contribution in [0.25, 0.3) is 0 Å². The van der Waals surface area contributed by atoms with Crippen LogP contribution in [0.4, 0.5) is 0 Å². The standard InChI is InChI=1S/C13H16N2O5/c14-9(12(17)18)7-11(16)15-10(13(19)20)6-8-4-2-1-3-5-8/h1-5,9-10H,6-7,14H2,(H,15,16)(H,17,18)(H,19,20)/t9-,10?/m0/s1. The molecule has 0 radical (unpaired) electrons. The molecule has 0 saturated heterocycles. The molecule has 1 unspecified atom stereocenters. The summed E-state index contributed by atoms with van der Waals surface area (Å²) in [4.78, 5) is 33.2. The Morgan fingerprint density at radius 1 is 1.10 bits per heavy atom. The number of nitrogens with two attached hydrogens (primary N) is 1. The van der Waals surface area contributed by atoms with Gasteiger partial charge in [0.2, 0.25) is 5.91 Å². The minimum Gasteiger partial charge on any atom is -0.480 e. The summed E-state index contributed by atoms with van der Waals surface area (Å²) in [5.74, 6) is -3.20. The van der Waals surface area contributed by atoms with E-state index in [-0.39, 0.29) is 6.42 Å². The van der Waals surface area contributed by atoms with Gasteiger partial charge < -0.3 is 21.3 Å². The number of nitrogens with one attached hydrogen (secondary N) is 1. The first kappa shape index (κ1) is 15.6. The van der Waals surface area contributed by atoms with Crippen molar-refractivity contribution < 1.29 is 24.6 Å². The summed E-state index contributed by atoms with van der Waals surface area (Å²) in [7, 11) is 0.